The number of aliphatic carboxylic acids is 1. The zero-order valence-electron chi connectivity index (χ0n) is 12.1. The Bertz CT molecular complexity index is 673. The van der Waals surface area contributed by atoms with Crippen molar-refractivity contribution in [3.63, 3.8) is 0 Å². The minimum atomic E-state index is -0.858. The van der Waals surface area contributed by atoms with Crippen molar-refractivity contribution in [2.75, 3.05) is 17.2 Å². The maximum absolute atomic E-state index is 11.0. The van der Waals surface area contributed by atoms with E-state index in [9.17, 15) is 4.79 Å². The molecule has 0 amide bonds. The summed E-state index contributed by atoms with van der Waals surface area (Å²) in [6, 6.07) is 15.5. The summed E-state index contributed by atoms with van der Waals surface area (Å²) in [6.45, 7) is 1.22. The van der Waals surface area contributed by atoms with Gasteiger partial charge in [-0.05, 0) is 23.8 Å². The third-order valence-corrected chi connectivity index (χ3v) is 3.66. The number of rotatable bonds is 4. The van der Waals surface area contributed by atoms with E-state index in [0.717, 1.165) is 11.3 Å². The normalized spacial score (nSPS) is 16.7. The van der Waals surface area contributed by atoms with Crippen LogP contribution in [0.1, 0.15) is 12.0 Å². The predicted molar refractivity (Wildman–Crippen MR) is 85.0 cm³/mol. The van der Waals surface area contributed by atoms with E-state index < -0.39 is 5.97 Å². The fourth-order valence-corrected chi connectivity index (χ4v) is 2.70. The van der Waals surface area contributed by atoms with E-state index in [-0.39, 0.29) is 12.5 Å². The van der Waals surface area contributed by atoms with E-state index in [4.69, 9.17) is 15.6 Å². The number of carboxylic acids is 1. The summed E-state index contributed by atoms with van der Waals surface area (Å²) in [5, 5.41) is 9.02. The van der Waals surface area contributed by atoms with Gasteiger partial charge in [-0.3, -0.25) is 4.79 Å². The van der Waals surface area contributed by atoms with Crippen molar-refractivity contribution in [1.82, 2.24) is 0 Å². The first-order valence-electron chi connectivity index (χ1n) is 7.18. The molecule has 2 aromatic rings. The molecule has 5 nitrogen and oxygen atoms in total. The summed E-state index contributed by atoms with van der Waals surface area (Å²) in [6.07, 6.45) is -0.382. The lowest BCUT2D eigenvalue weighted by atomic mass is 10.1. The molecule has 0 saturated carbocycles. The Morgan fingerprint density at radius 1 is 1.27 bits per heavy atom. The second-order valence-corrected chi connectivity index (χ2v) is 5.43. The van der Waals surface area contributed by atoms with Crippen LogP contribution in [-0.2, 0) is 11.3 Å². The molecule has 114 valence electrons. The number of hydrogen-bond acceptors (Lipinski definition) is 4. The Labute approximate surface area is 128 Å². The van der Waals surface area contributed by atoms with Gasteiger partial charge in [-0.1, -0.05) is 30.3 Å². The van der Waals surface area contributed by atoms with Crippen molar-refractivity contribution in [3.8, 4) is 5.75 Å². The van der Waals surface area contributed by atoms with E-state index in [1.165, 1.54) is 0 Å². The van der Waals surface area contributed by atoms with Crippen molar-refractivity contribution in [3.05, 3.63) is 54.1 Å². The van der Waals surface area contributed by atoms with Gasteiger partial charge in [-0.25, -0.2) is 0 Å². The topological polar surface area (TPSA) is 75.8 Å². The van der Waals surface area contributed by atoms with Crippen molar-refractivity contribution in [1.29, 1.82) is 0 Å². The summed E-state index contributed by atoms with van der Waals surface area (Å²) in [7, 11) is 0. The minimum Gasteiger partial charge on any atom is -0.486 e. The molecule has 0 bridgehead atoms. The summed E-state index contributed by atoms with van der Waals surface area (Å²) in [5.41, 5.74) is 8.61. The molecule has 1 aliphatic heterocycles. The van der Waals surface area contributed by atoms with Crippen LogP contribution in [-0.4, -0.2) is 23.7 Å². The SMILES string of the molecule is Nc1ccc2c(c1)N(Cc1ccccc1)CC(CC(=O)O)O2. The van der Waals surface area contributed by atoms with E-state index in [2.05, 4.69) is 4.90 Å². The molecule has 1 unspecified atom stereocenters. The van der Waals surface area contributed by atoms with E-state index in [0.29, 0.717) is 24.5 Å². The first kappa shape index (κ1) is 14.3. The second-order valence-electron chi connectivity index (χ2n) is 5.43. The number of anilines is 2. The Hall–Kier alpha value is -2.69. The smallest absolute Gasteiger partial charge is 0.307 e. The highest BCUT2D eigenvalue weighted by atomic mass is 16.5. The summed E-state index contributed by atoms with van der Waals surface area (Å²) < 4.78 is 5.79. The lowest BCUT2D eigenvalue weighted by molar-refractivity contribution is -0.138. The summed E-state index contributed by atoms with van der Waals surface area (Å²) in [5.74, 6) is -0.175. The Kier molecular flexibility index (Phi) is 3.87. The monoisotopic (exact) mass is 298 g/mol. The quantitative estimate of drug-likeness (QED) is 0.848. The molecule has 1 heterocycles. The van der Waals surface area contributed by atoms with Crippen LogP contribution in [0.25, 0.3) is 0 Å². The van der Waals surface area contributed by atoms with Crippen LogP contribution in [0.15, 0.2) is 48.5 Å². The minimum absolute atomic E-state index is 0.0187. The third-order valence-electron chi connectivity index (χ3n) is 3.66. The van der Waals surface area contributed by atoms with Gasteiger partial charge in [0.1, 0.15) is 11.9 Å². The number of hydrogen-bond donors (Lipinski definition) is 2. The van der Waals surface area contributed by atoms with Gasteiger partial charge in [0.15, 0.2) is 0 Å². The molecule has 1 aliphatic rings. The maximum atomic E-state index is 11.0. The van der Waals surface area contributed by atoms with Gasteiger partial charge in [-0.2, -0.15) is 0 Å². The predicted octanol–water partition coefficient (Wildman–Crippen LogP) is 2.51. The zero-order chi connectivity index (χ0) is 15.5. The standard InChI is InChI=1S/C17H18N2O3/c18-13-6-7-16-15(8-13)19(10-12-4-2-1-3-5-12)11-14(22-16)9-17(20)21/h1-8,14H,9-11,18H2,(H,20,21). The molecule has 1 atom stereocenters. The van der Waals surface area contributed by atoms with Crippen LogP contribution >= 0.6 is 0 Å². The molecule has 0 aromatic heterocycles. The molecule has 0 fully saturated rings. The Morgan fingerprint density at radius 3 is 2.77 bits per heavy atom. The van der Waals surface area contributed by atoms with Crippen LogP contribution < -0.4 is 15.4 Å². The van der Waals surface area contributed by atoms with Crippen LogP contribution in [0.5, 0.6) is 5.75 Å². The van der Waals surface area contributed by atoms with Gasteiger partial charge < -0.3 is 20.5 Å². The van der Waals surface area contributed by atoms with E-state index in [1.54, 1.807) is 12.1 Å². The molecule has 3 N–H and O–H groups in total. The molecular weight excluding hydrogens is 280 g/mol. The third kappa shape index (κ3) is 3.14. The van der Waals surface area contributed by atoms with E-state index in [1.807, 2.05) is 36.4 Å². The van der Waals surface area contributed by atoms with Crippen molar-refractivity contribution < 1.29 is 14.6 Å². The van der Waals surface area contributed by atoms with Crippen LogP contribution in [0, 0.1) is 0 Å². The van der Waals surface area contributed by atoms with Crippen LogP contribution in [0.2, 0.25) is 0 Å². The molecule has 0 saturated heterocycles. The fraction of sp³-hybridized carbons (Fsp3) is 0.235. The molecular formula is C17H18N2O3. The van der Waals surface area contributed by atoms with Gasteiger partial charge in [0.05, 0.1) is 18.7 Å². The number of carbonyl (C=O) groups is 1. The highest BCUT2D eigenvalue weighted by Crippen LogP contribution is 2.36. The van der Waals surface area contributed by atoms with Crippen molar-refractivity contribution in [2.24, 2.45) is 0 Å². The molecule has 0 aliphatic carbocycles. The Morgan fingerprint density at radius 2 is 2.05 bits per heavy atom. The first-order valence-corrected chi connectivity index (χ1v) is 7.18. The van der Waals surface area contributed by atoms with Crippen molar-refractivity contribution in [2.45, 2.75) is 19.1 Å². The lowest BCUT2D eigenvalue weighted by Crippen LogP contribution is -2.40. The fourth-order valence-electron chi connectivity index (χ4n) is 2.70. The number of fused-ring (bicyclic) bond motifs is 1. The highest BCUT2D eigenvalue weighted by Gasteiger charge is 2.27. The van der Waals surface area contributed by atoms with Gasteiger partial charge in [0.2, 0.25) is 0 Å². The molecule has 2 aromatic carbocycles. The van der Waals surface area contributed by atoms with Gasteiger partial charge in [0.25, 0.3) is 0 Å². The molecule has 22 heavy (non-hydrogen) atoms. The van der Waals surface area contributed by atoms with Crippen LogP contribution in [0.3, 0.4) is 0 Å². The van der Waals surface area contributed by atoms with Crippen LogP contribution in [0.4, 0.5) is 11.4 Å². The average Bonchev–Trinajstić information content (AvgIpc) is 2.48. The molecule has 0 spiro atoms. The van der Waals surface area contributed by atoms with Gasteiger partial charge >= 0.3 is 5.97 Å². The second kappa shape index (κ2) is 5.97. The maximum Gasteiger partial charge on any atom is 0.307 e. The van der Waals surface area contributed by atoms with E-state index >= 15 is 0 Å². The number of carboxylic acid groups (broad SMARTS) is 1. The number of nitrogens with zero attached hydrogens (tertiary/aromatic N) is 1. The first-order chi connectivity index (χ1) is 10.6. The number of nitrogens with two attached hydrogens (primary N) is 1. The molecule has 3 rings (SSSR count). The zero-order valence-corrected chi connectivity index (χ0v) is 12.1. The Balaban J connectivity index is 1.89. The van der Waals surface area contributed by atoms with Gasteiger partial charge in [0, 0.05) is 12.2 Å². The number of benzene rings is 2. The summed E-state index contributed by atoms with van der Waals surface area (Å²) >= 11 is 0. The summed E-state index contributed by atoms with van der Waals surface area (Å²) in [4.78, 5) is 13.1. The highest BCUT2D eigenvalue weighted by molar-refractivity contribution is 5.70. The molecule has 5 heteroatoms. The number of nitrogen functional groups attached to an aromatic ring is 1. The van der Waals surface area contributed by atoms with Crippen molar-refractivity contribution >= 4 is 17.3 Å². The average molecular weight is 298 g/mol. The molecule has 0 radical (unpaired) electrons. The largest absolute Gasteiger partial charge is 0.486 e. The van der Waals surface area contributed by atoms with Gasteiger partial charge in [-0.15, -0.1) is 0 Å². The number of ether oxygens (including phenoxy) is 1. The lowest BCUT2D eigenvalue weighted by Gasteiger charge is -2.36.